The van der Waals surface area contributed by atoms with Crippen LogP contribution < -0.4 is 10.2 Å². The van der Waals surface area contributed by atoms with Crippen LogP contribution in [0.3, 0.4) is 0 Å². The monoisotopic (exact) mass is 356 g/mol. The molecule has 1 N–H and O–H groups in total. The average molecular weight is 357 g/mol. The van der Waals surface area contributed by atoms with Gasteiger partial charge in [0, 0.05) is 33.9 Å². The van der Waals surface area contributed by atoms with Crippen molar-refractivity contribution in [2.24, 2.45) is 5.41 Å². The van der Waals surface area contributed by atoms with Crippen LogP contribution >= 0.6 is 11.6 Å². The number of amides is 2. The Morgan fingerprint density at radius 2 is 1.76 bits per heavy atom. The van der Waals surface area contributed by atoms with Gasteiger partial charge in [0.25, 0.3) is 5.91 Å². The molecule has 2 aromatic rings. The summed E-state index contributed by atoms with van der Waals surface area (Å²) in [4.78, 5) is 26.7. The number of anilines is 2. The van der Waals surface area contributed by atoms with Crippen molar-refractivity contribution in [3.63, 3.8) is 0 Å². The highest BCUT2D eigenvalue weighted by Crippen LogP contribution is 2.33. The Morgan fingerprint density at radius 1 is 1.08 bits per heavy atom. The minimum absolute atomic E-state index is 0.115. The van der Waals surface area contributed by atoms with Gasteiger partial charge in [-0.15, -0.1) is 0 Å². The van der Waals surface area contributed by atoms with Gasteiger partial charge in [-0.1, -0.05) is 32.4 Å². The molecule has 0 radical (unpaired) electrons. The van der Waals surface area contributed by atoms with Gasteiger partial charge >= 0.3 is 0 Å². The molecule has 0 unspecified atom stereocenters. The summed E-state index contributed by atoms with van der Waals surface area (Å²) in [7, 11) is 0. The molecule has 0 atom stereocenters. The van der Waals surface area contributed by atoms with Gasteiger partial charge in [-0.3, -0.25) is 9.59 Å². The first-order chi connectivity index (χ1) is 11.8. The van der Waals surface area contributed by atoms with Crippen molar-refractivity contribution in [3.8, 4) is 0 Å². The summed E-state index contributed by atoms with van der Waals surface area (Å²) in [5, 5.41) is 3.49. The van der Waals surface area contributed by atoms with Gasteiger partial charge in [0.2, 0.25) is 5.91 Å². The van der Waals surface area contributed by atoms with Crippen molar-refractivity contribution >= 4 is 34.8 Å². The predicted molar refractivity (Wildman–Crippen MR) is 101 cm³/mol. The third-order valence-electron chi connectivity index (χ3n) is 4.23. The third-order valence-corrected chi connectivity index (χ3v) is 4.48. The Hall–Kier alpha value is -2.33. The molecule has 5 heteroatoms. The Morgan fingerprint density at radius 3 is 2.40 bits per heavy atom. The number of rotatable bonds is 2. The van der Waals surface area contributed by atoms with Crippen LogP contribution in [0.1, 0.15) is 36.7 Å². The molecule has 0 bridgehead atoms. The van der Waals surface area contributed by atoms with Gasteiger partial charge in [0.1, 0.15) is 0 Å². The number of nitrogens with one attached hydrogen (secondary N) is 1. The molecule has 0 fully saturated rings. The lowest BCUT2D eigenvalue weighted by Crippen LogP contribution is -2.38. The number of carbonyl (C=O) groups excluding carboxylic acids is 2. The van der Waals surface area contributed by atoms with Crippen LogP contribution in [0.2, 0.25) is 5.02 Å². The molecule has 0 aromatic heterocycles. The minimum atomic E-state index is -0.414. The molecule has 25 heavy (non-hydrogen) atoms. The summed E-state index contributed by atoms with van der Waals surface area (Å²) >= 11 is 5.85. The highest BCUT2D eigenvalue weighted by atomic mass is 35.5. The first-order valence-corrected chi connectivity index (χ1v) is 8.65. The van der Waals surface area contributed by atoms with Gasteiger partial charge in [-0.2, -0.15) is 0 Å². The molecular weight excluding hydrogens is 336 g/mol. The number of hydrogen-bond donors (Lipinski definition) is 1. The number of nitrogens with zero attached hydrogens (tertiary/aromatic N) is 1. The van der Waals surface area contributed by atoms with E-state index >= 15 is 0 Å². The molecule has 2 amide bonds. The third kappa shape index (κ3) is 3.69. The summed E-state index contributed by atoms with van der Waals surface area (Å²) in [6.07, 6.45) is 0.793. The minimum Gasteiger partial charge on any atom is -0.322 e. The van der Waals surface area contributed by atoms with Gasteiger partial charge in [-0.05, 0) is 54.4 Å². The maximum atomic E-state index is 12.6. The van der Waals surface area contributed by atoms with Gasteiger partial charge in [0.15, 0.2) is 0 Å². The molecule has 1 aliphatic rings. The van der Waals surface area contributed by atoms with E-state index in [-0.39, 0.29) is 11.8 Å². The van der Waals surface area contributed by atoms with Crippen LogP contribution in [0.5, 0.6) is 0 Å². The zero-order valence-electron chi connectivity index (χ0n) is 14.6. The first-order valence-electron chi connectivity index (χ1n) is 8.27. The maximum absolute atomic E-state index is 12.6. The van der Waals surface area contributed by atoms with Gasteiger partial charge in [0.05, 0.1) is 0 Å². The standard InChI is InChI=1S/C20H21ClN2O2/c1-20(2,3)19(25)23-11-10-14-12-16(8-9-17(14)23)22-18(24)13-4-6-15(21)7-5-13/h4-9,12H,10-11H2,1-3H3,(H,22,24). The molecule has 130 valence electrons. The van der Waals surface area contributed by atoms with E-state index in [9.17, 15) is 9.59 Å². The molecule has 3 rings (SSSR count). The van der Waals surface area contributed by atoms with Crippen LogP contribution in [0.25, 0.3) is 0 Å². The number of carbonyl (C=O) groups is 2. The van der Waals surface area contributed by atoms with Crippen LogP contribution in [-0.2, 0) is 11.2 Å². The average Bonchev–Trinajstić information content (AvgIpc) is 2.96. The highest BCUT2D eigenvalue weighted by molar-refractivity contribution is 6.30. The van der Waals surface area contributed by atoms with E-state index in [0.29, 0.717) is 17.1 Å². The van der Waals surface area contributed by atoms with E-state index < -0.39 is 5.41 Å². The summed E-state index contributed by atoms with van der Waals surface area (Å²) in [5.41, 5.74) is 2.87. The number of hydrogen-bond acceptors (Lipinski definition) is 2. The molecule has 4 nitrogen and oxygen atoms in total. The summed E-state index contributed by atoms with van der Waals surface area (Å²) in [6.45, 7) is 6.45. The summed E-state index contributed by atoms with van der Waals surface area (Å²) in [5.74, 6) is -0.0681. The molecule has 1 aliphatic heterocycles. The Labute approximate surface area is 152 Å². The fourth-order valence-electron chi connectivity index (χ4n) is 2.90. The summed E-state index contributed by atoms with van der Waals surface area (Å²) < 4.78 is 0. The predicted octanol–water partition coefficient (Wildman–Crippen LogP) is 4.53. The Kier molecular flexibility index (Phi) is 4.56. The quantitative estimate of drug-likeness (QED) is 0.859. The van der Waals surface area contributed by atoms with Crippen molar-refractivity contribution in [1.29, 1.82) is 0 Å². The zero-order chi connectivity index (χ0) is 18.2. The second-order valence-corrected chi connectivity index (χ2v) is 7.70. The lowest BCUT2D eigenvalue weighted by molar-refractivity contribution is -0.125. The van der Waals surface area contributed by atoms with E-state index in [0.717, 1.165) is 23.4 Å². The smallest absolute Gasteiger partial charge is 0.255 e. The molecule has 0 aliphatic carbocycles. The topological polar surface area (TPSA) is 49.4 Å². The molecule has 0 saturated heterocycles. The second kappa shape index (κ2) is 6.52. The second-order valence-electron chi connectivity index (χ2n) is 7.26. The molecule has 2 aromatic carbocycles. The Bertz CT molecular complexity index is 823. The van der Waals surface area contributed by atoms with Gasteiger partial charge in [-0.25, -0.2) is 0 Å². The van der Waals surface area contributed by atoms with Crippen molar-refractivity contribution in [1.82, 2.24) is 0 Å². The van der Waals surface area contributed by atoms with Crippen LogP contribution in [-0.4, -0.2) is 18.4 Å². The van der Waals surface area contributed by atoms with E-state index in [1.807, 2.05) is 43.9 Å². The largest absolute Gasteiger partial charge is 0.322 e. The maximum Gasteiger partial charge on any atom is 0.255 e. The molecular formula is C20H21ClN2O2. The normalized spacial score (nSPS) is 13.5. The number of fused-ring (bicyclic) bond motifs is 1. The van der Waals surface area contributed by atoms with E-state index in [1.54, 1.807) is 24.3 Å². The van der Waals surface area contributed by atoms with Crippen molar-refractivity contribution < 1.29 is 9.59 Å². The Balaban J connectivity index is 1.77. The zero-order valence-corrected chi connectivity index (χ0v) is 15.4. The van der Waals surface area contributed by atoms with Crippen LogP contribution in [0.15, 0.2) is 42.5 Å². The van der Waals surface area contributed by atoms with E-state index in [2.05, 4.69) is 5.32 Å². The number of halogens is 1. The van der Waals surface area contributed by atoms with Crippen molar-refractivity contribution in [2.45, 2.75) is 27.2 Å². The fraction of sp³-hybridized carbons (Fsp3) is 0.300. The number of benzene rings is 2. The molecule has 0 spiro atoms. The highest BCUT2D eigenvalue weighted by Gasteiger charge is 2.32. The van der Waals surface area contributed by atoms with Crippen molar-refractivity contribution in [2.75, 3.05) is 16.8 Å². The van der Waals surface area contributed by atoms with Crippen LogP contribution in [0.4, 0.5) is 11.4 Å². The first kappa shape index (κ1) is 17.5. The lowest BCUT2D eigenvalue weighted by atomic mass is 9.94. The lowest BCUT2D eigenvalue weighted by Gasteiger charge is -2.26. The molecule has 0 saturated carbocycles. The summed E-state index contributed by atoms with van der Waals surface area (Å²) in [6, 6.07) is 12.4. The van der Waals surface area contributed by atoms with Gasteiger partial charge < -0.3 is 10.2 Å². The molecule has 1 heterocycles. The van der Waals surface area contributed by atoms with E-state index in [4.69, 9.17) is 11.6 Å². The SMILES string of the molecule is CC(C)(C)C(=O)N1CCc2cc(NC(=O)c3ccc(Cl)cc3)ccc21. The van der Waals surface area contributed by atoms with Crippen molar-refractivity contribution in [3.05, 3.63) is 58.6 Å². The fourth-order valence-corrected chi connectivity index (χ4v) is 3.03. The van der Waals surface area contributed by atoms with Crippen LogP contribution in [0, 0.1) is 5.41 Å². The van der Waals surface area contributed by atoms with E-state index in [1.165, 1.54) is 0 Å².